The van der Waals surface area contributed by atoms with Crippen LogP contribution in [0.3, 0.4) is 0 Å². The van der Waals surface area contributed by atoms with E-state index in [2.05, 4.69) is 25.3 Å². The Labute approximate surface area is 155 Å². The van der Waals surface area contributed by atoms with Crippen LogP contribution in [-0.4, -0.2) is 51.6 Å². The first-order valence-electron chi connectivity index (χ1n) is 7.73. The van der Waals surface area contributed by atoms with Gasteiger partial charge in [-0.05, 0) is 24.3 Å². The van der Waals surface area contributed by atoms with E-state index >= 15 is 0 Å². The van der Waals surface area contributed by atoms with E-state index in [0.717, 1.165) is 10.4 Å². The third-order valence-corrected chi connectivity index (χ3v) is 4.54. The van der Waals surface area contributed by atoms with Crippen molar-refractivity contribution in [3.63, 3.8) is 0 Å². The van der Waals surface area contributed by atoms with E-state index in [0.29, 0.717) is 10.7 Å². The Balaban J connectivity index is 1.82. The minimum absolute atomic E-state index is 0.0655. The van der Waals surface area contributed by atoms with Gasteiger partial charge in [0.1, 0.15) is 5.71 Å². The summed E-state index contributed by atoms with van der Waals surface area (Å²) in [5, 5.41) is 13.6. The van der Waals surface area contributed by atoms with Gasteiger partial charge >= 0.3 is 6.18 Å². The number of nitrogens with zero attached hydrogens (tertiary/aromatic N) is 7. The lowest BCUT2D eigenvalue weighted by molar-refractivity contribution is -0.0567. The summed E-state index contributed by atoms with van der Waals surface area (Å²) in [7, 11) is 3.74. The number of hydrogen-bond donors (Lipinski definition) is 0. The Morgan fingerprint density at radius 2 is 1.78 bits per heavy atom. The zero-order valence-corrected chi connectivity index (χ0v) is 15.0. The topological polar surface area (TPSA) is 71.6 Å². The molecule has 4 rings (SSSR count). The molecule has 2 aromatic heterocycles. The maximum atomic E-state index is 13.5. The van der Waals surface area contributed by atoms with E-state index in [9.17, 15) is 13.2 Å². The van der Waals surface area contributed by atoms with Gasteiger partial charge in [-0.2, -0.15) is 22.9 Å². The summed E-state index contributed by atoms with van der Waals surface area (Å²) in [5.41, 5.74) is -0.207. The second-order valence-electron chi connectivity index (χ2n) is 5.81. The summed E-state index contributed by atoms with van der Waals surface area (Å²) in [6.45, 7) is 0. The number of anilines is 1. The van der Waals surface area contributed by atoms with Crippen molar-refractivity contribution in [2.45, 2.75) is 6.18 Å². The average molecular weight is 391 g/mol. The first kappa shape index (κ1) is 17.3. The Morgan fingerprint density at radius 3 is 2.37 bits per heavy atom. The van der Waals surface area contributed by atoms with Gasteiger partial charge in [-0.1, -0.05) is 0 Å². The molecule has 7 nitrogen and oxygen atoms in total. The third kappa shape index (κ3) is 3.10. The highest BCUT2D eigenvalue weighted by molar-refractivity contribution is 7.13. The molecule has 11 heteroatoms. The van der Waals surface area contributed by atoms with Gasteiger partial charge in [0.15, 0.2) is 10.7 Å². The number of hydrogen-bond acceptors (Lipinski definition) is 7. The van der Waals surface area contributed by atoms with Gasteiger partial charge in [0.2, 0.25) is 11.6 Å². The molecule has 0 aliphatic carbocycles. The number of thiazole rings is 1. The molecule has 27 heavy (non-hydrogen) atoms. The van der Waals surface area contributed by atoms with Crippen molar-refractivity contribution >= 4 is 34.1 Å². The fourth-order valence-corrected chi connectivity index (χ4v) is 3.10. The van der Waals surface area contributed by atoms with Gasteiger partial charge in [0, 0.05) is 31.4 Å². The second kappa shape index (κ2) is 6.27. The van der Waals surface area contributed by atoms with Crippen LogP contribution in [0.4, 0.5) is 24.5 Å². The molecule has 0 saturated carbocycles. The molecule has 138 valence electrons. The van der Waals surface area contributed by atoms with Crippen LogP contribution in [0.25, 0.3) is 10.8 Å². The maximum absolute atomic E-state index is 13.5. The Bertz CT molecular complexity index is 1030. The summed E-state index contributed by atoms with van der Waals surface area (Å²) in [6.07, 6.45) is -3.14. The zero-order valence-electron chi connectivity index (χ0n) is 14.1. The Morgan fingerprint density at radius 1 is 1.07 bits per heavy atom. The van der Waals surface area contributed by atoms with Gasteiger partial charge in [-0.15, -0.1) is 21.5 Å². The molecule has 0 amide bonds. The smallest absolute Gasteiger partial charge is 0.378 e. The first-order valence-corrected chi connectivity index (χ1v) is 8.61. The van der Waals surface area contributed by atoms with Crippen LogP contribution in [-0.2, 0) is 0 Å². The molecule has 1 aliphatic rings. The molecular formula is C16H12F3N7S. The number of benzene rings is 1. The Kier molecular flexibility index (Phi) is 4.02. The molecular weight excluding hydrogens is 379 g/mol. The second-order valence-corrected chi connectivity index (χ2v) is 6.71. The van der Waals surface area contributed by atoms with Crippen LogP contribution >= 0.6 is 11.3 Å². The van der Waals surface area contributed by atoms with Gasteiger partial charge in [0.25, 0.3) is 0 Å². The van der Waals surface area contributed by atoms with Crippen molar-refractivity contribution in [2.75, 3.05) is 19.0 Å². The van der Waals surface area contributed by atoms with Crippen molar-refractivity contribution in [1.82, 2.24) is 19.9 Å². The number of fused-ring (bicyclic) bond motifs is 1. The van der Waals surface area contributed by atoms with Gasteiger partial charge in [0.05, 0.1) is 5.69 Å². The molecule has 0 N–H and O–H groups in total. The highest BCUT2D eigenvalue weighted by Gasteiger charge is 2.46. The SMILES string of the molecule is CN(C)c1ccc(N=C2C(C(F)(F)F)=Nn3c2nnc3-c2nccs2)cc1. The van der Waals surface area contributed by atoms with Crippen LogP contribution in [0.1, 0.15) is 5.82 Å². The van der Waals surface area contributed by atoms with Crippen LogP contribution in [0.5, 0.6) is 0 Å². The lowest BCUT2D eigenvalue weighted by Crippen LogP contribution is -2.29. The molecule has 0 bridgehead atoms. The van der Waals surface area contributed by atoms with Crippen molar-refractivity contribution in [3.05, 3.63) is 41.7 Å². The number of aromatic nitrogens is 4. The van der Waals surface area contributed by atoms with E-state index in [4.69, 9.17) is 0 Å². The fourth-order valence-electron chi connectivity index (χ4n) is 2.49. The molecule has 0 fully saturated rings. The lowest BCUT2D eigenvalue weighted by Gasteiger charge is -2.12. The molecule has 0 atom stereocenters. The van der Waals surface area contributed by atoms with Crippen LogP contribution in [0.15, 0.2) is 45.9 Å². The average Bonchev–Trinajstić information content (AvgIpc) is 3.31. The highest BCUT2D eigenvalue weighted by Crippen LogP contribution is 2.30. The van der Waals surface area contributed by atoms with E-state index in [1.165, 1.54) is 17.5 Å². The number of aliphatic imine (C=N–C) groups is 1. The summed E-state index contributed by atoms with van der Waals surface area (Å²) < 4.78 is 41.6. The standard InChI is InChI=1S/C16H12F3N7S/c1-25(2)10-5-3-9(4-6-10)21-11-12(16(17,18)19)24-26-13(11)22-23-14(26)15-20-7-8-27-15/h3-8H,1-2H3. The highest BCUT2D eigenvalue weighted by atomic mass is 32.1. The zero-order chi connectivity index (χ0) is 19.2. The van der Waals surface area contributed by atoms with Gasteiger partial charge < -0.3 is 4.90 Å². The monoisotopic (exact) mass is 391 g/mol. The van der Waals surface area contributed by atoms with Gasteiger partial charge in [-0.3, -0.25) is 0 Å². The summed E-state index contributed by atoms with van der Waals surface area (Å²) in [6, 6.07) is 6.81. The van der Waals surface area contributed by atoms with E-state index < -0.39 is 11.9 Å². The molecule has 3 heterocycles. The number of halogens is 3. The van der Waals surface area contributed by atoms with Crippen LogP contribution in [0.2, 0.25) is 0 Å². The predicted octanol–water partition coefficient (Wildman–Crippen LogP) is 3.37. The Hall–Kier alpha value is -3.08. The van der Waals surface area contributed by atoms with Gasteiger partial charge in [-0.25, -0.2) is 9.98 Å². The van der Waals surface area contributed by atoms with E-state index in [1.807, 2.05) is 19.0 Å². The fraction of sp³-hybridized carbons (Fsp3) is 0.188. The molecule has 0 radical (unpaired) electrons. The largest absolute Gasteiger partial charge is 0.437 e. The lowest BCUT2D eigenvalue weighted by atomic mass is 10.2. The number of alkyl halides is 3. The quantitative estimate of drug-likeness (QED) is 0.686. The normalized spacial score (nSPS) is 15.1. The van der Waals surface area contributed by atoms with Crippen molar-refractivity contribution in [1.29, 1.82) is 0 Å². The number of rotatable bonds is 3. The third-order valence-electron chi connectivity index (χ3n) is 3.78. The molecule has 1 aliphatic heterocycles. The molecule has 0 saturated heterocycles. The molecule has 1 aromatic carbocycles. The first-order chi connectivity index (χ1) is 12.8. The molecule has 3 aromatic rings. The van der Waals surface area contributed by atoms with Crippen LogP contribution < -0.4 is 4.90 Å². The van der Waals surface area contributed by atoms with Crippen molar-refractivity contribution in [2.24, 2.45) is 10.1 Å². The molecule has 0 spiro atoms. The van der Waals surface area contributed by atoms with Crippen molar-refractivity contribution in [3.8, 4) is 10.8 Å². The summed E-state index contributed by atoms with van der Waals surface area (Å²) in [5.74, 6) is 0.0825. The van der Waals surface area contributed by atoms with E-state index in [1.54, 1.807) is 29.6 Å². The summed E-state index contributed by atoms with van der Waals surface area (Å²) in [4.78, 5) is 10.1. The minimum Gasteiger partial charge on any atom is -0.378 e. The van der Waals surface area contributed by atoms with Crippen molar-refractivity contribution < 1.29 is 13.2 Å². The minimum atomic E-state index is -4.68. The van der Waals surface area contributed by atoms with E-state index in [-0.39, 0.29) is 17.4 Å². The predicted molar refractivity (Wildman–Crippen MR) is 97.0 cm³/mol. The molecule has 0 unspecified atom stereocenters. The maximum Gasteiger partial charge on any atom is 0.437 e. The van der Waals surface area contributed by atoms with Crippen LogP contribution in [0, 0.1) is 0 Å². The summed E-state index contributed by atoms with van der Waals surface area (Å²) >= 11 is 1.24.